The summed E-state index contributed by atoms with van der Waals surface area (Å²) in [5.74, 6) is 1.42. The summed E-state index contributed by atoms with van der Waals surface area (Å²) >= 11 is 0. The van der Waals surface area contributed by atoms with Crippen molar-refractivity contribution in [2.45, 2.75) is 51.6 Å². The number of rotatable bonds is 2. The molecule has 0 aliphatic carbocycles. The SMILES string of the molecule is CCC1CCN(C2CCS(=O)(=O)CC2)CC(C)CN1. The summed E-state index contributed by atoms with van der Waals surface area (Å²) < 4.78 is 23.1. The van der Waals surface area contributed by atoms with Gasteiger partial charge >= 0.3 is 0 Å². The number of hydrogen-bond donors (Lipinski definition) is 1. The van der Waals surface area contributed by atoms with Crippen LogP contribution in [-0.4, -0.2) is 56.5 Å². The highest BCUT2D eigenvalue weighted by Gasteiger charge is 2.29. The van der Waals surface area contributed by atoms with Crippen molar-refractivity contribution in [3.8, 4) is 0 Å². The normalized spacial score (nSPS) is 34.6. The van der Waals surface area contributed by atoms with Crippen LogP contribution in [0.2, 0.25) is 0 Å². The molecule has 19 heavy (non-hydrogen) atoms. The van der Waals surface area contributed by atoms with Gasteiger partial charge in [0.05, 0.1) is 11.5 Å². The highest BCUT2D eigenvalue weighted by molar-refractivity contribution is 7.91. The van der Waals surface area contributed by atoms with Crippen molar-refractivity contribution in [2.75, 3.05) is 31.1 Å². The lowest BCUT2D eigenvalue weighted by atomic mass is 10.0. The molecule has 2 unspecified atom stereocenters. The lowest BCUT2D eigenvalue weighted by Gasteiger charge is -2.38. The predicted octanol–water partition coefficient (Wildman–Crippen LogP) is 1.27. The van der Waals surface area contributed by atoms with Gasteiger partial charge in [-0.2, -0.15) is 0 Å². The molecule has 0 radical (unpaired) electrons. The Labute approximate surface area is 117 Å². The molecule has 2 atom stereocenters. The fraction of sp³-hybridized carbons (Fsp3) is 1.00. The van der Waals surface area contributed by atoms with E-state index in [1.807, 2.05) is 0 Å². The minimum atomic E-state index is -2.74. The van der Waals surface area contributed by atoms with Gasteiger partial charge in [-0.1, -0.05) is 13.8 Å². The Bertz CT molecular complexity index is 369. The molecule has 0 aromatic rings. The van der Waals surface area contributed by atoms with E-state index >= 15 is 0 Å². The Morgan fingerprint density at radius 1 is 1.21 bits per heavy atom. The Balaban J connectivity index is 1.94. The molecule has 2 aliphatic heterocycles. The monoisotopic (exact) mass is 288 g/mol. The number of nitrogens with zero attached hydrogens (tertiary/aromatic N) is 1. The lowest BCUT2D eigenvalue weighted by molar-refractivity contribution is 0.136. The van der Waals surface area contributed by atoms with E-state index in [0.29, 0.717) is 29.5 Å². The first-order valence-corrected chi connectivity index (χ1v) is 9.50. The number of hydrogen-bond acceptors (Lipinski definition) is 4. The molecule has 2 fully saturated rings. The summed E-state index contributed by atoms with van der Waals surface area (Å²) in [7, 11) is -2.74. The van der Waals surface area contributed by atoms with Crippen molar-refractivity contribution in [1.82, 2.24) is 10.2 Å². The fourth-order valence-corrected chi connectivity index (χ4v) is 4.74. The van der Waals surface area contributed by atoms with Gasteiger partial charge in [-0.05, 0) is 44.7 Å². The number of nitrogens with one attached hydrogen (secondary N) is 1. The standard InChI is InChI=1S/C14H28N2O2S/c1-3-13-4-7-16(11-12(2)10-15-13)14-5-8-19(17,18)9-6-14/h12-15H,3-11H2,1-2H3. The summed E-state index contributed by atoms with van der Waals surface area (Å²) in [5, 5.41) is 3.64. The van der Waals surface area contributed by atoms with Crippen LogP contribution in [0.1, 0.15) is 39.5 Å². The third kappa shape index (κ3) is 4.43. The summed E-state index contributed by atoms with van der Waals surface area (Å²) in [6.45, 7) is 7.83. The minimum Gasteiger partial charge on any atom is -0.314 e. The van der Waals surface area contributed by atoms with E-state index in [2.05, 4.69) is 24.1 Å². The van der Waals surface area contributed by atoms with Crippen molar-refractivity contribution in [1.29, 1.82) is 0 Å². The average Bonchev–Trinajstić information content (AvgIpc) is 2.35. The van der Waals surface area contributed by atoms with Gasteiger partial charge in [-0.3, -0.25) is 4.90 Å². The third-order valence-electron chi connectivity index (χ3n) is 4.60. The predicted molar refractivity (Wildman–Crippen MR) is 79.1 cm³/mol. The second-order valence-corrected chi connectivity index (χ2v) is 8.59. The first kappa shape index (κ1) is 15.3. The topological polar surface area (TPSA) is 49.4 Å². The smallest absolute Gasteiger partial charge is 0.150 e. The third-order valence-corrected chi connectivity index (χ3v) is 6.31. The van der Waals surface area contributed by atoms with Gasteiger partial charge in [-0.25, -0.2) is 8.42 Å². The maximum atomic E-state index is 11.5. The highest BCUT2D eigenvalue weighted by atomic mass is 32.2. The summed E-state index contributed by atoms with van der Waals surface area (Å²) in [6, 6.07) is 1.11. The van der Waals surface area contributed by atoms with E-state index in [1.54, 1.807) is 0 Å². The van der Waals surface area contributed by atoms with Gasteiger partial charge in [0.15, 0.2) is 0 Å². The van der Waals surface area contributed by atoms with Crippen molar-refractivity contribution < 1.29 is 8.42 Å². The van der Waals surface area contributed by atoms with Gasteiger partial charge in [0.25, 0.3) is 0 Å². The molecule has 0 amide bonds. The van der Waals surface area contributed by atoms with Crippen LogP contribution in [0.3, 0.4) is 0 Å². The van der Waals surface area contributed by atoms with Crippen LogP contribution in [0.25, 0.3) is 0 Å². The van der Waals surface area contributed by atoms with Gasteiger partial charge in [0.2, 0.25) is 0 Å². The van der Waals surface area contributed by atoms with Gasteiger partial charge in [0.1, 0.15) is 9.84 Å². The molecule has 2 aliphatic rings. The molecule has 2 saturated heterocycles. The molecule has 1 N–H and O–H groups in total. The second kappa shape index (κ2) is 6.55. The largest absolute Gasteiger partial charge is 0.314 e. The van der Waals surface area contributed by atoms with Gasteiger partial charge in [0, 0.05) is 18.6 Å². The fourth-order valence-electron chi connectivity index (χ4n) is 3.27. The first-order chi connectivity index (χ1) is 9.00. The Morgan fingerprint density at radius 2 is 1.89 bits per heavy atom. The quantitative estimate of drug-likeness (QED) is 0.831. The zero-order valence-electron chi connectivity index (χ0n) is 12.3. The molecular weight excluding hydrogens is 260 g/mol. The maximum absolute atomic E-state index is 11.5. The van der Waals surface area contributed by atoms with Crippen molar-refractivity contribution in [3.63, 3.8) is 0 Å². The van der Waals surface area contributed by atoms with E-state index < -0.39 is 9.84 Å². The zero-order chi connectivity index (χ0) is 13.9. The zero-order valence-corrected chi connectivity index (χ0v) is 13.1. The summed E-state index contributed by atoms with van der Waals surface area (Å²) in [6.07, 6.45) is 4.03. The van der Waals surface area contributed by atoms with E-state index in [-0.39, 0.29) is 0 Å². The van der Waals surface area contributed by atoms with Crippen LogP contribution < -0.4 is 5.32 Å². The number of sulfone groups is 1. The molecule has 0 saturated carbocycles. The molecule has 5 heteroatoms. The molecule has 0 spiro atoms. The van der Waals surface area contributed by atoms with Crippen molar-refractivity contribution in [3.05, 3.63) is 0 Å². The summed E-state index contributed by atoms with van der Waals surface area (Å²) in [4.78, 5) is 2.56. The van der Waals surface area contributed by atoms with E-state index in [9.17, 15) is 8.42 Å². The van der Waals surface area contributed by atoms with Crippen LogP contribution in [0.5, 0.6) is 0 Å². The van der Waals surface area contributed by atoms with Crippen LogP contribution in [0, 0.1) is 5.92 Å². The Kier molecular flexibility index (Phi) is 5.26. The van der Waals surface area contributed by atoms with E-state index in [4.69, 9.17) is 0 Å². The molecular formula is C14H28N2O2S. The van der Waals surface area contributed by atoms with Crippen LogP contribution >= 0.6 is 0 Å². The lowest BCUT2D eigenvalue weighted by Crippen LogP contribution is -2.49. The van der Waals surface area contributed by atoms with E-state index in [1.165, 1.54) is 12.8 Å². The minimum absolute atomic E-state index is 0.387. The van der Waals surface area contributed by atoms with Gasteiger partial charge in [-0.15, -0.1) is 0 Å². The molecule has 0 aromatic carbocycles. The second-order valence-electron chi connectivity index (χ2n) is 6.29. The average molecular weight is 288 g/mol. The molecule has 2 rings (SSSR count). The molecule has 2 heterocycles. The summed E-state index contributed by atoms with van der Waals surface area (Å²) in [5.41, 5.74) is 0. The van der Waals surface area contributed by atoms with Crippen LogP contribution in [0.15, 0.2) is 0 Å². The molecule has 0 bridgehead atoms. The Morgan fingerprint density at radius 3 is 2.53 bits per heavy atom. The van der Waals surface area contributed by atoms with Gasteiger partial charge < -0.3 is 5.32 Å². The van der Waals surface area contributed by atoms with Crippen molar-refractivity contribution >= 4 is 9.84 Å². The highest BCUT2D eigenvalue weighted by Crippen LogP contribution is 2.21. The maximum Gasteiger partial charge on any atom is 0.150 e. The van der Waals surface area contributed by atoms with Crippen molar-refractivity contribution in [2.24, 2.45) is 5.92 Å². The Hall–Kier alpha value is -0.130. The molecule has 112 valence electrons. The van der Waals surface area contributed by atoms with E-state index in [0.717, 1.165) is 32.5 Å². The molecule has 4 nitrogen and oxygen atoms in total. The van der Waals surface area contributed by atoms with Crippen LogP contribution in [0.4, 0.5) is 0 Å². The van der Waals surface area contributed by atoms with Crippen LogP contribution in [-0.2, 0) is 9.84 Å². The first-order valence-electron chi connectivity index (χ1n) is 7.68. The molecule has 0 aromatic heterocycles.